The van der Waals surface area contributed by atoms with Gasteiger partial charge < -0.3 is 10.1 Å². The number of methoxy groups -OCH3 is 1. The third-order valence-electron chi connectivity index (χ3n) is 2.10. The average molecular weight is 215 g/mol. The van der Waals surface area contributed by atoms with Crippen LogP contribution in [0.2, 0.25) is 5.02 Å². The number of likely N-dealkylation sites (N-methyl/N-ethyl adjacent to an activating group) is 1. The van der Waals surface area contributed by atoms with E-state index in [1.54, 1.807) is 19.5 Å². The van der Waals surface area contributed by atoms with E-state index in [1.165, 1.54) is 0 Å². The normalized spacial score (nSPS) is 12.8. The minimum Gasteiger partial charge on any atom is -0.383 e. The standard InChI is InChI=1S/C10H15ClN2O/c1-12-9(7-14-2)5-8-3-4-13-6-10(8)11/h3-4,6,9,12H,5,7H2,1-2H3. The Bertz CT molecular complexity index is 281. The molecular weight excluding hydrogens is 200 g/mol. The molecule has 0 amide bonds. The summed E-state index contributed by atoms with van der Waals surface area (Å²) in [6.45, 7) is 0.676. The molecule has 0 aliphatic rings. The molecule has 1 atom stereocenters. The zero-order chi connectivity index (χ0) is 10.4. The topological polar surface area (TPSA) is 34.1 Å². The molecule has 1 rings (SSSR count). The molecule has 0 saturated heterocycles. The van der Waals surface area contributed by atoms with Gasteiger partial charge in [0.05, 0.1) is 11.6 Å². The number of nitrogens with one attached hydrogen (secondary N) is 1. The Hall–Kier alpha value is -0.640. The third-order valence-corrected chi connectivity index (χ3v) is 2.44. The average Bonchev–Trinajstić information content (AvgIpc) is 2.20. The number of hydrogen-bond donors (Lipinski definition) is 1. The summed E-state index contributed by atoms with van der Waals surface area (Å²) in [6.07, 6.45) is 4.27. The van der Waals surface area contributed by atoms with Gasteiger partial charge >= 0.3 is 0 Å². The molecular formula is C10H15ClN2O. The first-order valence-electron chi connectivity index (χ1n) is 4.52. The van der Waals surface area contributed by atoms with Gasteiger partial charge in [0.15, 0.2) is 0 Å². The van der Waals surface area contributed by atoms with Gasteiger partial charge in [-0.1, -0.05) is 11.6 Å². The van der Waals surface area contributed by atoms with Gasteiger partial charge in [-0.2, -0.15) is 0 Å². The fourth-order valence-corrected chi connectivity index (χ4v) is 1.48. The van der Waals surface area contributed by atoms with Crippen LogP contribution in [-0.2, 0) is 11.2 Å². The van der Waals surface area contributed by atoms with E-state index in [0.29, 0.717) is 17.7 Å². The second kappa shape index (κ2) is 5.96. The molecule has 1 aromatic rings. The molecule has 3 nitrogen and oxygen atoms in total. The zero-order valence-electron chi connectivity index (χ0n) is 8.46. The summed E-state index contributed by atoms with van der Waals surface area (Å²) < 4.78 is 5.09. The maximum Gasteiger partial charge on any atom is 0.0621 e. The minimum atomic E-state index is 0.292. The highest BCUT2D eigenvalue weighted by atomic mass is 35.5. The second-order valence-electron chi connectivity index (χ2n) is 3.11. The maximum atomic E-state index is 5.99. The smallest absolute Gasteiger partial charge is 0.0621 e. The summed E-state index contributed by atoms with van der Waals surface area (Å²) in [5, 5.41) is 3.89. The quantitative estimate of drug-likeness (QED) is 0.807. The lowest BCUT2D eigenvalue weighted by Crippen LogP contribution is -2.32. The molecule has 0 radical (unpaired) electrons. The van der Waals surface area contributed by atoms with Crippen molar-refractivity contribution in [1.82, 2.24) is 10.3 Å². The van der Waals surface area contributed by atoms with Gasteiger partial charge in [-0.3, -0.25) is 4.98 Å². The molecule has 0 aromatic carbocycles. The van der Waals surface area contributed by atoms with E-state index in [9.17, 15) is 0 Å². The molecule has 4 heteroatoms. The predicted molar refractivity (Wildman–Crippen MR) is 57.7 cm³/mol. The lowest BCUT2D eigenvalue weighted by molar-refractivity contribution is 0.169. The Balaban J connectivity index is 2.62. The molecule has 14 heavy (non-hydrogen) atoms. The number of hydrogen-bond acceptors (Lipinski definition) is 3. The third kappa shape index (κ3) is 3.25. The van der Waals surface area contributed by atoms with Crippen molar-refractivity contribution < 1.29 is 4.74 Å². The van der Waals surface area contributed by atoms with E-state index in [4.69, 9.17) is 16.3 Å². The number of pyridine rings is 1. The first-order valence-corrected chi connectivity index (χ1v) is 4.90. The molecule has 0 fully saturated rings. The second-order valence-corrected chi connectivity index (χ2v) is 3.52. The molecule has 1 heterocycles. The van der Waals surface area contributed by atoms with E-state index in [1.807, 2.05) is 13.1 Å². The van der Waals surface area contributed by atoms with Gasteiger partial charge in [0.25, 0.3) is 0 Å². The fraction of sp³-hybridized carbons (Fsp3) is 0.500. The SMILES string of the molecule is CNC(COC)Cc1ccncc1Cl. The first-order chi connectivity index (χ1) is 6.77. The van der Waals surface area contributed by atoms with Crippen LogP contribution >= 0.6 is 11.6 Å². The summed E-state index contributed by atoms with van der Waals surface area (Å²) in [5.41, 5.74) is 1.10. The number of nitrogens with zero attached hydrogens (tertiary/aromatic N) is 1. The van der Waals surface area contributed by atoms with E-state index >= 15 is 0 Å². The molecule has 78 valence electrons. The van der Waals surface area contributed by atoms with E-state index in [0.717, 1.165) is 12.0 Å². The highest BCUT2D eigenvalue weighted by molar-refractivity contribution is 6.31. The highest BCUT2D eigenvalue weighted by Gasteiger charge is 2.08. The first kappa shape index (κ1) is 11.4. The lowest BCUT2D eigenvalue weighted by atomic mass is 10.1. The Morgan fingerprint density at radius 3 is 3.00 bits per heavy atom. The maximum absolute atomic E-state index is 5.99. The largest absolute Gasteiger partial charge is 0.383 e. The van der Waals surface area contributed by atoms with Gasteiger partial charge in [0.2, 0.25) is 0 Å². The fourth-order valence-electron chi connectivity index (χ4n) is 1.28. The number of aromatic nitrogens is 1. The predicted octanol–water partition coefficient (Wildman–Crippen LogP) is 1.51. The van der Waals surface area contributed by atoms with Crippen molar-refractivity contribution in [3.63, 3.8) is 0 Å². The van der Waals surface area contributed by atoms with Gasteiger partial charge in [-0.15, -0.1) is 0 Å². The van der Waals surface area contributed by atoms with Crippen molar-refractivity contribution >= 4 is 11.6 Å². The van der Waals surface area contributed by atoms with E-state index < -0.39 is 0 Å². The zero-order valence-corrected chi connectivity index (χ0v) is 9.21. The molecule has 0 aliphatic carbocycles. The molecule has 0 spiro atoms. The van der Waals surface area contributed by atoms with Gasteiger partial charge in [-0.05, 0) is 25.1 Å². The number of ether oxygens (including phenoxy) is 1. The van der Waals surface area contributed by atoms with Gasteiger partial charge in [-0.25, -0.2) is 0 Å². The van der Waals surface area contributed by atoms with Gasteiger partial charge in [0, 0.05) is 25.5 Å². The van der Waals surface area contributed by atoms with Crippen LogP contribution in [0.5, 0.6) is 0 Å². The van der Waals surface area contributed by atoms with Crippen molar-refractivity contribution in [2.45, 2.75) is 12.5 Å². The van der Waals surface area contributed by atoms with Crippen molar-refractivity contribution in [3.8, 4) is 0 Å². The summed E-state index contributed by atoms with van der Waals surface area (Å²) in [4.78, 5) is 3.94. The van der Waals surface area contributed by atoms with Gasteiger partial charge in [0.1, 0.15) is 0 Å². The lowest BCUT2D eigenvalue weighted by Gasteiger charge is -2.15. The van der Waals surface area contributed by atoms with Crippen LogP contribution in [0.3, 0.4) is 0 Å². The van der Waals surface area contributed by atoms with Crippen LogP contribution in [0.4, 0.5) is 0 Å². The molecule has 0 saturated carbocycles. The summed E-state index contributed by atoms with van der Waals surface area (Å²) >= 11 is 5.99. The van der Waals surface area contributed by atoms with Crippen LogP contribution in [0, 0.1) is 0 Å². The van der Waals surface area contributed by atoms with Crippen molar-refractivity contribution in [2.75, 3.05) is 20.8 Å². The number of halogens is 1. The van der Waals surface area contributed by atoms with Crippen molar-refractivity contribution in [2.24, 2.45) is 0 Å². The summed E-state index contributed by atoms with van der Waals surface area (Å²) in [7, 11) is 3.61. The minimum absolute atomic E-state index is 0.292. The summed E-state index contributed by atoms with van der Waals surface area (Å²) in [5.74, 6) is 0. The van der Waals surface area contributed by atoms with Crippen LogP contribution in [0.15, 0.2) is 18.5 Å². The summed E-state index contributed by atoms with van der Waals surface area (Å²) in [6, 6.07) is 2.22. The van der Waals surface area contributed by atoms with Crippen LogP contribution in [-0.4, -0.2) is 31.8 Å². The molecule has 1 aromatic heterocycles. The van der Waals surface area contributed by atoms with E-state index in [2.05, 4.69) is 10.3 Å². The van der Waals surface area contributed by atoms with Crippen LogP contribution in [0.1, 0.15) is 5.56 Å². The van der Waals surface area contributed by atoms with Crippen LogP contribution in [0.25, 0.3) is 0 Å². The highest BCUT2D eigenvalue weighted by Crippen LogP contribution is 2.15. The molecule has 1 unspecified atom stereocenters. The Morgan fingerprint density at radius 2 is 2.43 bits per heavy atom. The van der Waals surface area contributed by atoms with Crippen molar-refractivity contribution in [3.05, 3.63) is 29.0 Å². The molecule has 0 bridgehead atoms. The van der Waals surface area contributed by atoms with E-state index in [-0.39, 0.29) is 0 Å². The molecule has 0 aliphatic heterocycles. The Kier molecular flexibility index (Phi) is 4.87. The number of rotatable bonds is 5. The Labute approximate surface area is 89.4 Å². The van der Waals surface area contributed by atoms with Crippen molar-refractivity contribution in [1.29, 1.82) is 0 Å². The molecule has 1 N–H and O–H groups in total. The Morgan fingerprint density at radius 1 is 1.64 bits per heavy atom. The van der Waals surface area contributed by atoms with Crippen LogP contribution < -0.4 is 5.32 Å². The monoisotopic (exact) mass is 214 g/mol.